The van der Waals surface area contributed by atoms with Crippen molar-refractivity contribution >= 4 is 49.4 Å². The molecule has 8 heteroatoms. The molecule has 144 valence electrons. The Bertz CT molecular complexity index is 1140. The van der Waals surface area contributed by atoms with Crippen molar-refractivity contribution in [3.8, 4) is 0 Å². The van der Waals surface area contributed by atoms with Crippen LogP contribution in [0.5, 0.6) is 0 Å². The fourth-order valence-corrected chi connectivity index (χ4v) is 5.11. The van der Waals surface area contributed by atoms with E-state index in [9.17, 15) is 4.39 Å². The maximum absolute atomic E-state index is 13.3. The molecule has 3 heterocycles. The van der Waals surface area contributed by atoms with E-state index in [1.54, 1.807) is 17.7 Å². The molecule has 2 atom stereocenters. The van der Waals surface area contributed by atoms with E-state index in [4.69, 9.17) is 16.6 Å². The highest BCUT2D eigenvalue weighted by Gasteiger charge is 2.23. The van der Waals surface area contributed by atoms with Gasteiger partial charge in [0.2, 0.25) is 0 Å². The Balaban J connectivity index is 1.38. The summed E-state index contributed by atoms with van der Waals surface area (Å²) < 4.78 is 16.4. The largest absolute Gasteiger partial charge is 0.357 e. The number of imidazole rings is 1. The highest BCUT2D eigenvalue weighted by molar-refractivity contribution is 7.22. The van der Waals surface area contributed by atoms with Crippen LogP contribution in [0.3, 0.4) is 0 Å². The van der Waals surface area contributed by atoms with Gasteiger partial charge in [-0.25, -0.2) is 19.3 Å². The van der Waals surface area contributed by atoms with Gasteiger partial charge >= 0.3 is 0 Å². The molecule has 0 aliphatic heterocycles. The lowest BCUT2D eigenvalue weighted by Crippen LogP contribution is -2.32. The molecule has 1 fully saturated rings. The van der Waals surface area contributed by atoms with Gasteiger partial charge in [0.25, 0.3) is 0 Å². The van der Waals surface area contributed by atoms with Crippen molar-refractivity contribution in [2.45, 2.75) is 43.6 Å². The first-order valence-electron chi connectivity index (χ1n) is 9.42. The number of anilines is 1. The van der Waals surface area contributed by atoms with Crippen LogP contribution in [0.4, 0.5) is 9.52 Å². The summed E-state index contributed by atoms with van der Waals surface area (Å²) in [6.07, 6.45) is 7.50. The Hall–Kier alpha value is -2.25. The Morgan fingerprint density at radius 1 is 1.18 bits per heavy atom. The van der Waals surface area contributed by atoms with Crippen molar-refractivity contribution in [3.63, 3.8) is 0 Å². The van der Waals surface area contributed by atoms with E-state index in [0.717, 1.165) is 33.8 Å². The smallest absolute Gasteiger partial charge is 0.184 e. The summed E-state index contributed by atoms with van der Waals surface area (Å²) in [4.78, 5) is 13.1. The molecule has 4 aromatic rings. The number of halogens is 2. The third-order valence-corrected chi connectivity index (χ3v) is 6.69. The molecule has 5 nitrogen and oxygen atoms in total. The number of benzene rings is 1. The molecule has 1 aliphatic rings. The SMILES string of the molecule is Fc1cnc2c(c1)ncn2Cc1ccc2nc(NC3CCCCC3Cl)sc2c1. The number of alkyl halides is 1. The molecule has 5 rings (SSSR count). The predicted octanol–water partition coefficient (Wildman–Crippen LogP) is 5.19. The molecule has 1 aliphatic carbocycles. The second-order valence-corrected chi connectivity index (χ2v) is 8.83. The van der Waals surface area contributed by atoms with E-state index in [0.29, 0.717) is 23.8 Å². The average Bonchev–Trinajstić information content (AvgIpc) is 3.26. The zero-order valence-electron chi connectivity index (χ0n) is 15.1. The van der Waals surface area contributed by atoms with E-state index in [1.807, 2.05) is 10.6 Å². The zero-order valence-corrected chi connectivity index (χ0v) is 16.7. The fraction of sp³-hybridized carbons (Fsp3) is 0.350. The summed E-state index contributed by atoms with van der Waals surface area (Å²) in [6, 6.07) is 7.94. The molecule has 1 N–H and O–H groups in total. The van der Waals surface area contributed by atoms with Gasteiger partial charge in [-0.2, -0.15) is 0 Å². The van der Waals surface area contributed by atoms with Gasteiger partial charge < -0.3 is 9.88 Å². The second-order valence-electron chi connectivity index (χ2n) is 7.24. The Morgan fingerprint density at radius 2 is 2.07 bits per heavy atom. The van der Waals surface area contributed by atoms with E-state index >= 15 is 0 Å². The van der Waals surface area contributed by atoms with Crippen molar-refractivity contribution in [1.82, 2.24) is 19.5 Å². The molecule has 0 spiro atoms. The minimum atomic E-state index is -0.374. The van der Waals surface area contributed by atoms with Crippen LogP contribution >= 0.6 is 22.9 Å². The van der Waals surface area contributed by atoms with Gasteiger partial charge in [0, 0.05) is 12.1 Å². The fourth-order valence-electron chi connectivity index (χ4n) is 3.77. The van der Waals surface area contributed by atoms with Crippen LogP contribution in [0, 0.1) is 5.82 Å². The summed E-state index contributed by atoms with van der Waals surface area (Å²) in [5, 5.41) is 4.62. The maximum Gasteiger partial charge on any atom is 0.184 e. The molecule has 0 radical (unpaired) electrons. The van der Waals surface area contributed by atoms with Crippen molar-refractivity contribution in [1.29, 1.82) is 0 Å². The standard InChI is InChI=1S/C20H19ClFN5S/c21-14-3-1-2-4-15(14)25-20-26-16-6-5-12(7-18(16)28-20)10-27-11-24-17-8-13(22)9-23-19(17)27/h5-9,11,14-15H,1-4,10H2,(H,25,26). The number of hydrogen-bond acceptors (Lipinski definition) is 5. The van der Waals surface area contributed by atoms with Crippen LogP contribution in [0.2, 0.25) is 0 Å². The Morgan fingerprint density at radius 3 is 2.96 bits per heavy atom. The van der Waals surface area contributed by atoms with Crippen LogP contribution in [-0.4, -0.2) is 30.9 Å². The van der Waals surface area contributed by atoms with E-state index in [1.165, 1.54) is 25.1 Å². The highest BCUT2D eigenvalue weighted by Crippen LogP contribution is 2.31. The number of aromatic nitrogens is 4. The van der Waals surface area contributed by atoms with Crippen LogP contribution in [0.15, 0.2) is 36.8 Å². The molecule has 1 saturated carbocycles. The van der Waals surface area contributed by atoms with Crippen LogP contribution < -0.4 is 5.32 Å². The molecule has 2 unspecified atom stereocenters. The summed E-state index contributed by atoms with van der Waals surface area (Å²) in [7, 11) is 0. The molecule has 0 saturated heterocycles. The molecule has 1 aromatic carbocycles. The van der Waals surface area contributed by atoms with E-state index in [2.05, 4.69) is 27.4 Å². The molecular formula is C20H19ClFN5S. The minimum absolute atomic E-state index is 0.170. The quantitative estimate of drug-likeness (QED) is 0.466. The van der Waals surface area contributed by atoms with Gasteiger partial charge in [-0.15, -0.1) is 11.6 Å². The van der Waals surface area contributed by atoms with Crippen molar-refractivity contribution in [2.24, 2.45) is 0 Å². The van der Waals surface area contributed by atoms with Crippen molar-refractivity contribution < 1.29 is 4.39 Å². The summed E-state index contributed by atoms with van der Waals surface area (Å²) in [5.41, 5.74) is 3.35. The van der Waals surface area contributed by atoms with Crippen molar-refractivity contribution in [3.05, 3.63) is 48.2 Å². The summed E-state index contributed by atoms with van der Waals surface area (Å²) in [6.45, 7) is 0.623. The molecule has 0 bridgehead atoms. The van der Waals surface area contributed by atoms with Crippen molar-refractivity contribution in [2.75, 3.05) is 5.32 Å². The second kappa shape index (κ2) is 7.29. The number of fused-ring (bicyclic) bond motifs is 2. The van der Waals surface area contributed by atoms with Crippen LogP contribution in [0.25, 0.3) is 21.4 Å². The Labute approximate surface area is 170 Å². The lowest BCUT2D eigenvalue weighted by molar-refractivity contribution is 0.469. The van der Waals surface area contributed by atoms with Crippen LogP contribution in [-0.2, 0) is 6.54 Å². The van der Waals surface area contributed by atoms with Gasteiger partial charge in [0.15, 0.2) is 10.8 Å². The summed E-state index contributed by atoms with van der Waals surface area (Å²) >= 11 is 8.12. The monoisotopic (exact) mass is 415 g/mol. The number of rotatable bonds is 4. The molecule has 0 amide bonds. The first-order valence-corrected chi connectivity index (χ1v) is 10.7. The van der Waals surface area contributed by atoms with E-state index in [-0.39, 0.29) is 11.2 Å². The van der Waals surface area contributed by atoms with Gasteiger partial charge in [0.1, 0.15) is 11.3 Å². The first kappa shape index (κ1) is 17.8. The summed E-state index contributed by atoms with van der Waals surface area (Å²) in [5.74, 6) is -0.374. The number of nitrogens with zero attached hydrogens (tertiary/aromatic N) is 4. The molecular weight excluding hydrogens is 397 g/mol. The lowest BCUT2D eigenvalue weighted by Gasteiger charge is -2.27. The van der Waals surface area contributed by atoms with Crippen LogP contribution in [0.1, 0.15) is 31.2 Å². The number of nitrogens with one attached hydrogen (secondary N) is 1. The van der Waals surface area contributed by atoms with Gasteiger partial charge in [-0.05, 0) is 30.5 Å². The lowest BCUT2D eigenvalue weighted by atomic mass is 9.95. The highest BCUT2D eigenvalue weighted by atomic mass is 35.5. The Kier molecular flexibility index (Phi) is 4.64. The van der Waals surface area contributed by atoms with Gasteiger partial charge in [0.05, 0.1) is 34.7 Å². The predicted molar refractivity (Wildman–Crippen MR) is 112 cm³/mol. The van der Waals surface area contributed by atoms with Gasteiger partial charge in [-0.3, -0.25) is 0 Å². The normalized spacial score (nSPS) is 20.1. The molecule has 28 heavy (non-hydrogen) atoms. The minimum Gasteiger partial charge on any atom is -0.357 e. The number of thiazole rings is 1. The topological polar surface area (TPSA) is 55.6 Å². The van der Waals surface area contributed by atoms with E-state index < -0.39 is 0 Å². The first-order chi connectivity index (χ1) is 13.7. The number of pyridine rings is 1. The third-order valence-electron chi connectivity index (χ3n) is 5.22. The molecule has 3 aromatic heterocycles. The number of hydrogen-bond donors (Lipinski definition) is 1. The third kappa shape index (κ3) is 3.44. The average molecular weight is 416 g/mol. The maximum atomic E-state index is 13.3. The zero-order chi connectivity index (χ0) is 19.1. The van der Waals surface area contributed by atoms with Gasteiger partial charge in [-0.1, -0.05) is 30.2 Å².